The number of fused-ring (bicyclic) bond motifs is 1. The number of hydrogen-bond donors (Lipinski definition) is 2. The molecule has 0 atom stereocenters. The monoisotopic (exact) mass is 378 g/mol. The predicted molar refractivity (Wildman–Crippen MR) is 110 cm³/mol. The highest BCUT2D eigenvalue weighted by Crippen LogP contribution is 2.27. The first-order valence-electron chi connectivity index (χ1n) is 8.56. The van der Waals surface area contributed by atoms with E-state index in [1.54, 1.807) is 10.9 Å². The number of halogens is 1. The topological polar surface area (TPSA) is 67.7 Å². The molecule has 0 bridgehead atoms. The van der Waals surface area contributed by atoms with Crippen LogP contribution in [0.15, 0.2) is 48.7 Å². The Morgan fingerprint density at radius 1 is 0.926 bits per heavy atom. The lowest BCUT2D eigenvalue weighted by Gasteiger charge is -2.11. The van der Waals surface area contributed by atoms with E-state index in [1.165, 1.54) is 11.1 Å². The normalized spacial score (nSPS) is 11.0. The van der Waals surface area contributed by atoms with Gasteiger partial charge in [-0.25, -0.2) is 0 Å². The van der Waals surface area contributed by atoms with Crippen LogP contribution in [0.4, 0.5) is 23.1 Å². The summed E-state index contributed by atoms with van der Waals surface area (Å²) in [5.74, 6) is 1.17. The van der Waals surface area contributed by atoms with E-state index in [2.05, 4.69) is 51.7 Å². The van der Waals surface area contributed by atoms with Crippen LogP contribution < -0.4 is 10.6 Å². The Morgan fingerprint density at radius 2 is 1.74 bits per heavy atom. The lowest BCUT2D eigenvalue weighted by Crippen LogP contribution is -2.03. The van der Waals surface area contributed by atoms with Gasteiger partial charge in [-0.3, -0.25) is 4.68 Å². The first-order chi connectivity index (χ1) is 13.0. The first kappa shape index (κ1) is 17.3. The standard InChI is InChI=1S/C20H19ClN6/c1-12-7-8-16(9-13(12)2)24-20-25-18(17-11-22-27(3)19(17)26-20)23-15-6-4-5-14(21)10-15/h4-11H,1-3H3,(H2,23,24,25,26). The summed E-state index contributed by atoms with van der Waals surface area (Å²) in [4.78, 5) is 9.27. The van der Waals surface area contributed by atoms with Gasteiger partial charge in [0.2, 0.25) is 5.95 Å². The van der Waals surface area contributed by atoms with Crippen LogP contribution in [-0.4, -0.2) is 19.7 Å². The molecule has 7 heteroatoms. The van der Waals surface area contributed by atoms with E-state index in [1.807, 2.05) is 37.4 Å². The molecule has 2 heterocycles. The van der Waals surface area contributed by atoms with E-state index in [4.69, 9.17) is 11.6 Å². The minimum atomic E-state index is 0.499. The highest BCUT2D eigenvalue weighted by Gasteiger charge is 2.12. The molecule has 0 radical (unpaired) electrons. The molecule has 4 rings (SSSR count). The van der Waals surface area contributed by atoms with Crippen LogP contribution in [0.1, 0.15) is 11.1 Å². The van der Waals surface area contributed by atoms with E-state index in [-0.39, 0.29) is 0 Å². The minimum absolute atomic E-state index is 0.499. The van der Waals surface area contributed by atoms with Gasteiger partial charge in [0.15, 0.2) is 5.65 Å². The third-order valence-corrected chi connectivity index (χ3v) is 4.68. The molecule has 4 aromatic rings. The van der Waals surface area contributed by atoms with Crippen LogP contribution in [0.25, 0.3) is 11.0 Å². The number of hydrogen-bond acceptors (Lipinski definition) is 5. The molecule has 2 aromatic heterocycles. The number of aromatic nitrogens is 4. The maximum Gasteiger partial charge on any atom is 0.231 e. The zero-order chi connectivity index (χ0) is 19.0. The second kappa shape index (κ2) is 6.89. The number of rotatable bonds is 4. The fourth-order valence-electron chi connectivity index (χ4n) is 2.82. The quantitative estimate of drug-likeness (QED) is 0.515. The Hall–Kier alpha value is -3.12. The van der Waals surface area contributed by atoms with Crippen LogP contribution in [0.5, 0.6) is 0 Å². The molecule has 0 aliphatic heterocycles. The number of anilines is 4. The van der Waals surface area contributed by atoms with Gasteiger partial charge >= 0.3 is 0 Å². The molecule has 0 saturated heterocycles. The van der Waals surface area contributed by atoms with Gasteiger partial charge in [-0.15, -0.1) is 0 Å². The average molecular weight is 379 g/mol. The molecule has 0 aliphatic rings. The molecule has 27 heavy (non-hydrogen) atoms. The SMILES string of the molecule is Cc1ccc(Nc2nc(Nc3cccc(Cl)c3)c3cnn(C)c3n2)cc1C. The predicted octanol–water partition coefficient (Wildman–Crippen LogP) is 5.12. The van der Waals surface area contributed by atoms with Gasteiger partial charge in [0, 0.05) is 23.4 Å². The highest BCUT2D eigenvalue weighted by atomic mass is 35.5. The summed E-state index contributed by atoms with van der Waals surface area (Å²) in [6.07, 6.45) is 1.75. The minimum Gasteiger partial charge on any atom is -0.339 e. The van der Waals surface area contributed by atoms with Crippen LogP contribution in [0, 0.1) is 13.8 Å². The second-order valence-corrected chi connectivity index (χ2v) is 6.90. The van der Waals surface area contributed by atoms with Gasteiger partial charge in [0.25, 0.3) is 0 Å². The van der Waals surface area contributed by atoms with Gasteiger partial charge in [-0.05, 0) is 55.3 Å². The van der Waals surface area contributed by atoms with Crippen molar-refractivity contribution < 1.29 is 0 Å². The smallest absolute Gasteiger partial charge is 0.231 e. The summed E-state index contributed by atoms with van der Waals surface area (Å²) in [6.45, 7) is 4.17. The van der Waals surface area contributed by atoms with E-state index >= 15 is 0 Å². The van der Waals surface area contributed by atoms with E-state index in [0.717, 1.165) is 22.4 Å². The number of nitrogens with zero attached hydrogens (tertiary/aromatic N) is 4. The van der Waals surface area contributed by atoms with Crippen molar-refractivity contribution in [1.82, 2.24) is 19.7 Å². The maximum absolute atomic E-state index is 6.10. The summed E-state index contributed by atoms with van der Waals surface area (Å²) in [5.41, 5.74) is 4.98. The Bertz CT molecular complexity index is 1130. The molecular formula is C20H19ClN6. The molecule has 2 aromatic carbocycles. The Labute approximate surface area is 162 Å². The van der Waals surface area contributed by atoms with E-state index in [9.17, 15) is 0 Å². The lowest BCUT2D eigenvalue weighted by molar-refractivity contribution is 0.786. The van der Waals surface area contributed by atoms with Crippen LogP contribution >= 0.6 is 11.6 Å². The zero-order valence-corrected chi connectivity index (χ0v) is 16.0. The Balaban J connectivity index is 1.75. The number of aryl methyl sites for hydroxylation is 3. The van der Waals surface area contributed by atoms with Crippen molar-refractivity contribution in [2.45, 2.75) is 13.8 Å². The van der Waals surface area contributed by atoms with Crippen molar-refractivity contribution in [3.8, 4) is 0 Å². The summed E-state index contributed by atoms with van der Waals surface area (Å²) < 4.78 is 1.73. The summed E-state index contributed by atoms with van der Waals surface area (Å²) in [5, 5.41) is 12.4. The number of benzene rings is 2. The van der Waals surface area contributed by atoms with Crippen molar-refractivity contribution in [3.05, 3.63) is 64.8 Å². The first-order valence-corrected chi connectivity index (χ1v) is 8.94. The van der Waals surface area contributed by atoms with E-state index < -0.39 is 0 Å². The van der Waals surface area contributed by atoms with Gasteiger partial charge in [-0.2, -0.15) is 15.1 Å². The van der Waals surface area contributed by atoms with Crippen LogP contribution in [-0.2, 0) is 7.05 Å². The van der Waals surface area contributed by atoms with E-state index in [0.29, 0.717) is 16.8 Å². The van der Waals surface area contributed by atoms with Crippen molar-refractivity contribution >= 4 is 45.8 Å². The molecule has 2 N–H and O–H groups in total. The van der Waals surface area contributed by atoms with Crippen molar-refractivity contribution in [2.75, 3.05) is 10.6 Å². The molecule has 136 valence electrons. The van der Waals surface area contributed by atoms with Crippen molar-refractivity contribution in [2.24, 2.45) is 7.05 Å². The fraction of sp³-hybridized carbons (Fsp3) is 0.150. The number of nitrogens with one attached hydrogen (secondary N) is 2. The molecule has 0 fully saturated rings. The van der Waals surface area contributed by atoms with Crippen LogP contribution in [0.3, 0.4) is 0 Å². The Kier molecular flexibility index (Phi) is 4.41. The van der Waals surface area contributed by atoms with Crippen molar-refractivity contribution in [1.29, 1.82) is 0 Å². The van der Waals surface area contributed by atoms with Crippen LogP contribution in [0.2, 0.25) is 5.02 Å². The van der Waals surface area contributed by atoms with Gasteiger partial charge in [0.1, 0.15) is 5.82 Å². The van der Waals surface area contributed by atoms with Gasteiger partial charge < -0.3 is 10.6 Å². The third kappa shape index (κ3) is 3.57. The molecule has 6 nitrogen and oxygen atoms in total. The van der Waals surface area contributed by atoms with Gasteiger partial charge in [0.05, 0.1) is 11.6 Å². The molecular weight excluding hydrogens is 360 g/mol. The summed E-state index contributed by atoms with van der Waals surface area (Å²) in [6, 6.07) is 13.7. The summed E-state index contributed by atoms with van der Waals surface area (Å²) >= 11 is 6.10. The molecule has 0 saturated carbocycles. The molecule has 0 amide bonds. The molecule has 0 aliphatic carbocycles. The second-order valence-electron chi connectivity index (χ2n) is 6.46. The average Bonchev–Trinajstić information content (AvgIpc) is 3.00. The zero-order valence-electron chi connectivity index (χ0n) is 15.3. The van der Waals surface area contributed by atoms with Gasteiger partial charge in [-0.1, -0.05) is 23.7 Å². The Morgan fingerprint density at radius 3 is 2.52 bits per heavy atom. The third-order valence-electron chi connectivity index (χ3n) is 4.44. The lowest BCUT2D eigenvalue weighted by atomic mass is 10.1. The molecule has 0 unspecified atom stereocenters. The highest BCUT2D eigenvalue weighted by molar-refractivity contribution is 6.30. The fourth-order valence-corrected chi connectivity index (χ4v) is 3.01. The maximum atomic E-state index is 6.10. The largest absolute Gasteiger partial charge is 0.339 e. The molecule has 0 spiro atoms. The van der Waals surface area contributed by atoms with Crippen molar-refractivity contribution in [3.63, 3.8) is 0 Å². The summed E-state index contributed by atoms with van der Waals surface area (Å²) in [7, 11) is 1.86.